The molecule has 0 unspecified atom stereocenters. The molecule has 24 heavy (non-hydrogen) atoms. The molecule has 1 heterocycles. The third kappa shape index (κ3) is 3.02. The first-order chi connectivity index (χ1) is 11.3. The van der Waals surface area contributed by atoms with Gasteiger partial charge in [-0.25, -0.2) is 13.2 Å². The maximum absolute atomic E-state index is 12.5. The van der Waals surface area contributed by atoms with Crippen molar-refractivity contribution in [1.82, 2.24) is 4.57 Å². The van der Waals surface area contributed by atoms with E-state index >= 15 is 0 Å². The van der Waals surface area contributed by atoms with Gasteiger partial charge < -0.3 is 4.42 Å². The molecule has 0 bridgehead atoms. The number of nitrogens with one attached hydrogen (secondary N) is 1. The van der Waals surface area contributed by atoms with Gasteiger partial charge in [-0.1, -0.05) is 23.2 Å². The number of halogens is 2. The van der Waals surface area contributed by atoms with Gasteiger partial charge in [0.1, 0.15) is 0 Å². The van der Waals surface area contributed by atoms with Crippen molar-refractivity contribution in [3.8, 4) is 0 Å². The molecule has 0 aliphatic heterocycles. The summed E-state index contributed by atoms with van der Waals surface area (Å²) in [7, 11) is -3.90. The number of nitrogens with zero attached hydrogens (tertiary/aromatic N) is 1. The van der Waals surface area contributed by atoms with E-state index < -0.39 is 15.8 Å². The summed E-state index contributed by atoms with van der Waals surface area (Å²) >= 11 is 11.8. The average Bonchev–Trinajstić information content (AvgIpc) is 2.84. The van der Waals surface area contributed by atoms with Gasteiger partial charge >= 0.3 is 5.76 Å². The van der Waals surface area contributed by atoms with Crippen LogP contribution in [-0.2, 0) is 16.6 Å². The number of hydrogen-bond acceptors (Lipinski definition) is 4. The van der Waals surface area contributed by atoms with Crippen LogP contribution >= 0.6 is 23.2 Å². The molecule has 1 aromatic heterocycles. The lowest BCUT2D eigenvalue weighted by Gasteiger charge is -2.10. The van der Waals surface area contributed by atoms with Crippen LogP contribution < -0.4 is 10.5 Å². The number of hydrogen-bond donors (Lipinski definition) is 1. The summed E-state index contributed by atoms with van der Waals surface area (Å²) in [6.07, 6.45) is 0. The predicted octanol–water partition coefficient (Wildman–Crippen LogP) is 3.72. The van der Waals surface area contributed by atoms with Gasteiger partial charge in [0.15, 0.2) is 5.58 Å². The molecule has 9 heteroatoms. The highest BCUT2D eigenvalue weighted by Crippen LogP contribution is 2.28. The number of oxazole rings is 1. The minimum atomic E-state index is -3.90. The molecule has 3 rings (SSSR count). The standard InChI is InChI=1S/C15H12Cl2N2O4S/c1-2-19-13-6-4-10(8-14(13)23-15(19)20)24(21,22)18-12-5-3-9(16)7-11(12)17/h3-8,18H,2H2,1H3. The van der Waals surface area contributed by atoms with Gasteiger partial charge in [-0.05, 0) is 37.3 Å². The second kappa shape index (κ2) is 6.16. The molecule has 0 atom stereocenters. The Balaban J connectivity index is 2.03. The molecular weight excluding hydrogens is 375 g/mol. The van der Waals surface area contributed by atoms with E-state index in [2.05, 4.69) is 4.72 Å². The van der Waals surface area contributed by atoms with Crippen LogP contribution in [-0.4, -0.2) is 13.0 Å². The first-order valence-electron chi connectivity index (χ1n) is 6.93. The van der Waals surface area contributed by atoms with Crippen LogP contribution in [0, 0.1) is 0 Å². The van der Waals surface area contributed by atoms with Crippen molar-refractivity contribution in [2.75, 3.05) is 4.72 Å². The Labute approximate surface area is 147 Å². The zero-order chi connectivity index (χ0) is 17.5. The number of fused-ring (bicyclic) bond motifs is 1. The monoisotopic (exact) mass is 386 g/mol. The largest absolute Gasteiger partial charge is 0.419 e. The first kappa shape index (κ1) is 16.9. The van der Waals surface area contributed by atoms with Crippen molar-refractivity contribution in [2.45, 2.75) is 18.4 Å². The van der Waals surface area contributed by atoms with Gasteiger partial charge in [0.05, 0.1) is 21.1 Å². The molecule has 3 aromatic rings. The predicted molar refractivity (Wildman–Crippen MR) is 93.4 cm³/mol. The second-order valence-corrected chi connectivity index (χ2v) is 7.50. The molecule has 0 spiro atoms. The van der Waals surface area contributed by atoms with Crippen molar-refractivity contribution in [3.05, 3.63) is 57.0 Å². The Morgan fingerprint density at radius 1 is 1.17 bits per heavy atom. The molecule has 1 N–H and O–H groups in total. The lowest BCUT2D eigenvalue weighted by atomic mass is 10.3. The van der Waals surface area contributed by atoms with E-state index in [0.29, 0.717) is 17.1 Å². The van der Waals surface area contributed by atoms with Gasteiger partial charge in [-0.3, -0.25) is 9.29 Å². The van der Waals surface area contributed by atoms with E-state index in [1.54, 1.807) is 6.92 Å². The third-order valence-electron chi connectivity index (χ3n) is 3.44. The molecule has 0 amide bonds. The number of aromatic nitrogens is 1. The first-order valence-corrected chi connectivity index (χ1v) is 9.17. The van der Waals surface area contributed by atoms with Crippen LogP contribution in [0.2, 0.25) is 10.0 Å². The number of aryl methyl sites for hydroxylation is 1. The summed E-state index contributed by atoms with van der Waals surface area (Å²) in [4.78, 5) is 11.7. The molecule has 126 valence electrons. The van der Waals surface area contributed by atoms with Crippen molar-refractivity contribution in [2.24, 2.45) is 0 Å². The van der Waals surface area contributed by atoms with Crippen molar-refractivity contribution < 1.29 is 12.8 Å². The zero-order valence-electron chi connectivity index (χ0n) is 12.4. The van der Waals surface area contributed by atoms with Crippen molar-refractivity contribution in [3.63, 3.8) is 0 Å². The second-order valence-electron chi connectivity index (χ2n) is 4.97. The van der Waals surface area contributed by atoms with Crippen LogP contribution in [0.5, 0.6) is 0 Å². The molecule has 6 nitrogen and oxygen atoms in total. The molecular formula is C15H12Cl2N2O4S. The fourth-order valence-corrected chi connectivity index (χ4v) is 3.90. The molecule has 0 saturated heterocycles. The van der Waals surface area contributed by atoms with E-state index in [1.807, 2.05) is 0 Å². The van der Waals surface area contributed by atoms with E-state index in [1.165, 1.54) is 41.0 Å². The quantitative estimate of drug-likeness (QED) is 0.740. The van der Waals surface area contributed by atoms with Crippen LogP contribution in [0.4, 0.5) is 5.69 Å². The Hall–Kier alpha value is -1.96. The van der Waals surface area contributed by atoms with Crippen LogP contribution in [0.1, 0.15) is 6.92 Å². The van der Waals surface area contributed by atoms with Crippen LogP contribution in [0.3, 0.4) is 0 Å². The topological polar surface area (TPSA) is 81.3 Å². The van der Waals surface area contributed by atoms with Gasteiger partial charge in [0, 0.05) is 17.6 Å². The summed E-state index contributed by atoms with van der Waals surface area (Å²) in [5.74, 6) is -0.532. The molecule has 2 aromatic carbocycles. The molecule has 0 radical (unpaired) electrons. The highest BCUT2D eigenvalue weighted by Gasteiger charge is 2.18. The summed E-state index contributed by atoms with van der Waals surface area (Å²) in [6, 6.07) is 8.65. The molecule has 0 saturated carbocycles. The van der Waals surface area contributed by atoms with E-state index in [9.17, 15) is 13.2 Å². The number of benzene rings is 2. The average molecular weight is 387 g/mol. The number of rotatable bonds is 4. The van der Waals surface area contributed by atoms with Gasteiger partial charge in [-0.2, -0.15) is 0 Å². The minimum absolute atomic E-state index is 0.0435. The van der Waals surface area contributed by atoms with Crippen LogP contribution in [0.15, 0.2) is 50.5 Å². The smallest absolute Gasteiger partial charge is 0.408 e. The Kier molecular flexibility index (Phi) is 4.33. The van der Waals surface area contributed by atoms with E-state index in [0.717, 1.165) is 0 Å². The fourth-order valence-electron chi connectivity index (χ4n) is 2.29. The van der Waals surface area contributed by atoms with Crippen LogP contribution in [0.25, 0.3) is 11.1 Å². The van der Waals surface area contributed by atoms with E-state index in [4.69, 9.17) is 27.6 Å². The maximum atomic E-state index is 12.5. The van der Waals surface area contributed by atoms with E-state index in [-0.39, 0.29) is 21.2 Å². The highest BCUT2D eigenvalue weighted by molar-refractivity contribution is 7.92. The van der Waals surface area contributed by atoms with Gasteiger partial charge in [0.2, 0.25) is 0 Å². The normalized spacial score (nSPS) is 11.8. The fraction of sp³-hybridized carbons (Fsp3) is 0.133. The lowest BCUT2D eigenvalue weighted by molar-refractivity contribution is 0.512. The van der Waals surface area contributed by atoms with Crippen molar-refractivity contribution >= 4 is 50.0 Å². The van der Waals surface area contributed by atoms with Gasteiger partial charge in [-0.15, -0.1) is 0 Å². The zero-order valence-corrected chi connectivity index (χ0v) is 14.7. The lowest BCUT2D eigenvalue weighted by Crippen LogP contribution is -2.13. The minimum Gasteiger partial charge on any atom is -0.408 e. The van der Waals surface area contributed by atoms with Crippen molar-refractivity contribution in [1.29, 1.82) is 0 Å². The Bertz CT molecular complexity index is 1090. The summed E-state index contributed by atoms with van der Waals surface area (Å²) in [5, 5.41) is 0.572. The number of anilines is 1. The summed E-state index contributed by atoms with van der Waals surface area (Å²) in [6.45, 7) is 2.22. The highest BCUT2D eigenvalue weighted by atomic mass is 35.5. The SMILES string of the molecule is CCn1c(=O)oc2cc(S(=O)(=O)Nc3ccc(Cl)cc3Cl)ccc21. The molecule has 0 fully saturated rings. The summed E-state index contributed by atoms with van der Waals surface area (Å²) < 4.78 is 33.9. The number of sulfonamides is 1. The van der Waals surface area contributed by atoms with Gasteiger partial charge in [0.25, 0.3) is 10.0 Å². The summed E-state index contributed by atoms with van der Waals surface area (Å²) in [5.41, 5.74) is 0.937. The Morgan fingerprint density at radius 2 is 1.92 bits per heavy atom. The molecule has 0 aliphatic rings. The Morgan fingerprint density at radius 3 is 2.58 bits per heavy atom. The maximum Gasteiger partial charge on any atom is 0.419 e. The third-order valence-corrected chi connectivity index (χ3v) is 5.35. The molecule has 0 aliphatic carbocycles.